The lowest BCUT2D eigenvalue weighted by atomic mass is 10.0. The number of hydrogen-bond donors (Lipinski definition) is 0. The molecule has 1 heterocycles. The van der Waals surface area contributed by atoms with E-state index in [1.165, 1.54) is 0 Å². The smallest absolute Gasteiger partial charge is 0.307 e. The highest BCUT2D eigenvalue weighted by atomic mass is 31.2. The van der Waals surface area contributed by atoms with Gasteiger partial charge in [-0.15, -0.1) is 5.73 Å². The summed E-state index contributed by atoms with van der Waals surface area (Å²) in [5.74, 6) is 2.25. The van der Waals surface area contributed by atoms with Gasteiger partial charge in [-0.2, -0.15) is 0 Å². The van der Waals surface area contributed by atoms with Gasteiger partial charge in [-0.1, -0.05) is 66.7 Å². The molecular weight excluding hydrogens is 327 g/mol. The SMILES string of the molecule is CC(=C=CP1(=O)Oc2ccccc2-c2ccccc21)c1ccccc1. The minimum absolute atomic E-state index is 0.653. The molecule has 0 saturated heterocycles. The van der Waals surface area contributed by atoms with Crippen molar-refractivity contribution in [3.8, 4) is 16.9 Å². The van der Waals surface area contributed by atoms with Crippen molar-refractivity contribution >= 4 is 18.2 Å². The average molecular weight is 344 g/mol. The zero-order chi connectivity index (χ0) is 17.3. The molecule has 122 valence electrons. The number of rotatable bonds is 2. The van der Waals surface area contributed by atoms with Crippen molar-refractivity contribution in [2.24, 2.45) is 0 Å². The molecule has 3 aromatic carbocycles. The number of allylic oxidation sites excluding steroid dienone is 1. The standard InChI is InChI=1S/C22H17O2P/c1-17(18-9-3-2-4-10-18)15-16-25(23)22-14-8-6-12-20(22)19-11-5-7-13-21(19)24-25/h2-14,16H,1H3. The second-order valence-corrected chi connectivity index (χ2v) is 8.08. The van der Waals surface area contributed by atoms with Crippen LogP contribution in [0, 0.1) is 0 Å². The topological polar surface area (TPSA) is 26.3 Å². The van der Waals surface area contributed by atoms with Gasteiger partial charge in [0, 0.05) is 5.56 Å². The molecule has 0 bridgehead atoms. The third-order valence-corrected chi connectivity index (χ3v) is 6.31. The maximum atomic E-state index is 13.6. The fourth-order valence-electron chi connectivity index (χ4n) is 2.99. The first-order chi connectivity index (χ1) is 12.2. The van der Waals surface area contributed by atoms with Gasteiger partial charge in [0.05, 0.1) is 11.1 Å². The van der Waals surface area contributed by atoms with E-state index in [1.807, 2.05) is 85.8 Å². The zero-order valence-electron chi connectivity index (χ0n) is 13.8. The molecule has 25 heavy (non-hydrogen) atoms. The van der Waals surface area contributed by atoms with E-state index in [0.717, 1.165) is 27.6 Å². The number of benzene rings is 3. The number of fused-ring (bicyclic) bond motifs is 3. The molecule has 0 saturated carbocycles. The van der Waals surface area contributed by atoms with Crippen LogP contribution in [0.2, 0.25) is 0 Å². The Labute approximate surface area is 147 Å². The van der Waals surface area contributed by atoms with E-state index in [-0.39, 0.29) is 0 Å². The van der Waals surface area contributed by atoms with Gasteiger partial charge in [0.2, 0.25) is 0 Å². The summed E-state index contributed by atoms with van der Waals surface area (Å²) < 4.78 is 19.6. The predicted octanol–water partition coefficient (Wildman–Crippen LogP) is 5.87. The molecule has 3 aromatic rings. The van der Waals surface area contributed by atoms with E-state index >= 15 is 0 Å². The van der Waals surface area contributed by atoms with E-state index < -0.39 is 7.37 Å². The summed E-state index contributed by atoms with van der Waals surface area (Å²) in [6.07, 6.45) is 0. The van der Waals surface area contributed by atoms with Crippen LogP contribution in [-0.4, -0.2) is 0 Å². The molecule has 1 unspecified atom stereocenters. The summed E-state index contributed by atoms with van der Waals surface area (Å²) in [7, 11) is -3.17. The average Bonchev–Trinajstić information content (AvgIpc) is 2.67. The first-order valence-corrected chi connectivity index (χ1v) is 9.85. The summed E-state index contributed by atoms with van der Waals surface area (Å²) in [5, 5.41) is 0.724. The predicted molar refractivity (Wildman–Crippen MR) is 103 cm³/mol. The van der Waals surface area contributed by atoms with Crippen LogP contribution in [0.15, 0.2) is 90.4 Å². The quantitative estimate of drug-likeness (QED) is 0.429. The molecule has 0 N–H and O–H groups in total. The Hall–Kier alpha value is -2.79. The van der Waals surface area contributed by atoms with Crippen LogP contribution in [0.1, 0.15) is 12.5 Å². The van der Waals surface area contributed by atoms with Gasteiger partial charge >= 0.3 is 7.37 Å². The Morgan fingerprint density at radius 3 is 2.32 bits per heavy atom. The van der Waals surface area contributed by atoms with Gasteiger partial charge in [0.1, 0.15) is 5.75 Å². The lowest BCUT2D eigenvalue weighted by molar-refractivity contribution is 0.501. The van der Waals surface area contributed by atoms with Crippen molar-refractivity contribution in [1.29, 1.82) is 0 Å². The fraction of sp³-hybridized carbons (Fsp3) is 0.0455. The minimum atomic E-state index is -3.17. The van der Waals surface area contributed by atoms with Crippen LogP contribution in [0.5, 0.6) is 5.75 Å². The van der Waals surface area contributed by atoms with Gasteiger partial charge in [0.15, 0.2) is 0 Å². The lowest BCUT2D eigenvalue weighted by Gasteiger charge is -2.26. The van der Waals surface area contributed by atoms with Crippen molar-refractivity contribution in [3.05, 3.63) is 96.0 Å². The fourth-order valence-corrected chi connectivity index (χ4v) is 4.92. The zero-order valence-corrected chi connectivity index (χ0v) is 14.7. The van der Waals surface area contributed by atoms with Gasteiger partial charge < -0.3 is 4.52 Å². The second kappa shape index (κ2) is 6.26. The summed E-state index contributed by atoms with van der Waals surface area (Å²) in [6.45, 7) is 1.96. The molecule has 0 radical (unpaired) electrons. The van der Waals surface area contributed by atoms with Gasteiger partial charge in [-0.3, -0.25) is 4.57 Å². The third-order valence-electron chi connectivity index (χ3n) is 4.31. The molecule has 2 nitrogen and oxygen atoms in total. The van der Waals surface area contributed by atoms with E-state index in [0.29, 0.717) is 5.75 Å². The Kier molecular flexibility index (Phi) is 3.93. The normalized spacial score (nSPS) is 17.5. The Morgan fingerprint density at radius 2 is 1.52 bits per heavy atom. The van der Waals surface area contributed by atoms with Crippen LogP contribution >= 0.6 is 7.37 Å². The van der Waals surface area contributed by atoms with E-state index in [2.05, 4.69) is 5.73 Å². The Balaban J connectivity index is 1.86. The Bertz CT molecular complexity index is 1040. The maximum Gasteiger partial charge on any atom is 0.307 e. The van der Waals surface area contributed by atoms with Crippen molar-refractivity contribution in [1.82, 2.24) is 0 Å². The van der Waals surface area contributed by atoms with Crippen LogP contribution < -0.4 is 9.83 Å². The molecule has 1 aliphatic rings. The molecule has 4 rings (SSSR count). The first-order valence-electron chi connectivity index (χ1n) is 8.16. The van der Waals surface area contributed by atoms with Gasteiger partial charge in [-0.25, -0.2) is 0 Å². The molecule has 0 aliphatic carbocycles. The minimum Gasteiger partial charge on any atom is -0.436 e. The van der Waals surface area contributed by atoms with Crippen molar-refractivity contribution < 1.29 is 9.09 Å². The van der Waals surface area contributed by atoms with Crippen LogP contribution in [0.25, 0.3) is 16.7 Å². The molecule has 1 aliphatic heterocycles. The van der Waals surface area contributed by atoms with E-state index in [9.17, 15) is 4.57 Å². The number of para-hydroxylation sites is 1. The largest absolute Gasteiger partial charge is 0.436 e. The van der Waals surface area contributed by atoms with Crippen LogP contribution in [-0.2, 0) is 4.57 Å². The van der Waals surface area contributed by atoms with Gasteiger partial charge in [0.25, 0.3) is 0 Å². The molecular formula is C22H17O2P. The summed E-state index contributed by atoms with van der Waals surface area (Å²) >= 11 is 0. The third kappa shape index (κ3) is 2.87. The van der Waals surface area contributed by atoms with E-state index in [1.54, 1.807) is 5.82 Å². The van der Waals surface area contributed by atoms with Crippen LogP contribution in [0.4, 0.5) is 0 Å². The molecule has 0 aromatic heterocycles. The van der Waals surface area contributed by atoms with E-state index in [4.69, 9.17) is 4.52 Å². The van der Waals surface area contributed by atoms with Crippen molar-refractivity contribution in [3.63, 3.8) is 0 Å². The highest BCUT2D eigenvalue weighted by Crippen LogP contribution is 2.55. The maximum absolute atomic E-state index is 13.6. The van der Waals surface area contributed by atoms with Crippen molar-refractivity contribution in [2.75, 3.05) is 0 Å². The Morgan fingerprint density at radius 1 is 0.880 bits per heavy atom. The first kappa shape index (κ1) is 15.7. The molecule has 0 amide bonds. The highest BCUT2D eigenvalue weighted by molar-refractivity contribution is 7.70. The molecule has 0 fully saturated rings. The lowest BCUT2D eigenvalue weighted by Crippen LogP contribution is -2.15. The highest BCUT2D eigenvalue weighted by Gasteiger charge is 2.33. The summed E-state index contributed by atoms with van der Waals surface area (Å²) in [5.41, 5.74) is 7.10. The summed E-state index contributed by atoms with van der Waals surface area (Å²) in [4.78, 5) is 0. The van der Waals surface area contributed by atoms with Gasteiger partial charge in [-0.05, 0) is 35.8 Å². The molecule has 1 atom stereocenters. The molecule has 3 heteroatoms. The second-order valence-electron chi connectivity index (χ2n) is 5.97. The van der Waals surface area contributed by atoms with Crippen molar-refractivity contribution in [2.45, 2.75) is 6.92 Å². The number of hydrogen-bond acceptors (Lipinski definition) is 2. The monoisotopic (exact) mass is 344 g/mol. The molecule has 0 spiro atoms. The summed E-state index contributed by atoms with van der Waals surface area (Å²) in [6, 6.07) is 25.4. The van der Waals surface area contributed by atoms with Crippen LogP contribution in [0.3, 0.4) is 0 Å².